The molecule has 2 aromatic carbocycles. The summed E-state index contributed by atoms with van der Waals surface area (Å²) in [6.07, 6.45) is 2.02. The van der Waals surface area contributed by atoms with Crippen molar-refractivity contribution < 1.29 is 9.53 Å². The van der Waals surface area contributed by atoms with E-state index in [0.717, 1.165) is 47.1 Å². The van der Waals surface area contributed by atoms with Crippen LogP contribution in [0.25, 0.3) is 21.9 Å². The van der Waals surface area contributed by atoms with Crippen LogP contribution >= 0.6 is 11.6 Å². The molecule has 0 spiro atoms. The molecular weight excluding hydrogens is 388 g/mol. The molecule has 2 aromatic heterocycles. The van der Waals surface area contributed by atoms with Crippen molar-refractivity contribution in [2.45, 2.75) is 26.3 Å². The lowest BCUT2D eigenvalue weighted by atomic mass is 10.1. The maximum absolute atomic E-state index is 12.7. The summed E-state index contributed by atoms with van der Waals surface area (Å²) in [6.45, 7) is 2.86. The molecular formula is C22H21ClN4O2. The van der Waals surface area contributed by atoms with E-state index in [0.29, 0.717) is 16.4 Å². The number of carbonyl (C=O) groups is 1. The third kappa shape index (κ3) is 3.89. The Morgan fingerprint density at radius 2 is 1.97 bits per heavy atom. The predicted molar refractivity (Wildman–Crippen MR) is 116 cm³/mol. The van der Waals surface area contributed by atoms with Crippen molar-refractivity contribution in [3.63, 3.8) is 0 Å². The van der Waals surface area contributed by atoms with Gasteiger partial charge < -0.3 is 10.1 Å². The minimum atomic E-state index is -0.241. The molecule has 1 N–H and O–H groups in total. The number of pyridine rings is 1. The van der Waals surface area contributed by atoms with Crippen molar-refractivity contribution in [2.24, 2.45) is 0 Å². The smallest absolute Gasteiger partial charge is 0.256 e. The summed E-state index contributed by atoms with van der Waals surface area (Å²) in [6, 6.07) is 14.5. The lowest BCUT2D eigenvalue weighted by Crippen LogP contribution is -2.12. The highest BCUT2D eigenvalue weighted by Crippen LogP contribution is 2.28. The van der Waals surface area contributed by atoms with Crippen LogP contribution in [0.15, 0.2) is 48.5 Å². The molecule has 0 aliphatic heterocycles. The molecule has 0 aliphatic carbocycles. The Bertz CT molecular complexity index is 1190. The lowest BCUT2D eigenvalue weighted by molar-refractivity contribution is 0.102. The van der Waals surface area contributed by atoms with Crippen molar-refractivity contribution in [1.29, 1.82) is 0 Å². The Morgan fingerprint density at radius 1 is 1.17 bits per heavy atom. The van der Waals surface area contributed by atoms with E-state index in [2.05, 4.69) is 17.3 Å². The molecule has 0 unspecified atom stereocenters. The van der Waals surface area contributed by atoms with Gasteiger partial charge in [-0.2, -0.15) is 5.10 Å². The zero-order valence-corrected chi connectivity index (χ0v) is 17.0. The van der Waals surface area contributed by atoms with E-state index in [-0.39, 0.29) is 5.91 Å². The Morgan fingerprint density at radius 3 is 2.69 bits per heavy atom. The third-order valence-electron chi connectivity index (χ3n) is 4.78. The van der Waals surface area contributed by atoms with Crippen LogP contribution in [-0.2, 0) is 6.54 Å². The highest BCUT2D eigenvalue weighted by Gasteiger charge is 2.16. The van der Waals surface area contributed by atoms with Gasteiger partial charge in [0.15, 0.2) is 11.5 Å². The van der Waals surface area contributed by atoms with Crippen LogP contribution in [0.3, 0.4) is 0 Å². The van der Waals surface area contributed by atoms with E-state index in [9.17, 15) is 4.79 Å². The van der Waals surface area contributed by atoms with E-state index in [1.54, 1.807) is 31.4 Å². The van der Waals surface area contributed by atoms with Crippen molar-refractivity contribution in [3.8, 4) is 5.75 Å². The standard InChI is InChI=1S/C22H21ClN4O2/c1-3-4-11-27-21-18(13-15-12-17(29-2)9-10-19(15)24-21)20(26-27)25-22(28)14-5-7-16(23)8-6-14/h5-10,12-13H,3-4,11H2,1-2H3,(H,25,26,28). The second-order valence-corrected chi connectivity index (χ2v) is 7.24. The van der Waals surface area contributed by atoms with Gasteiger partial charge in [-0.05, 0) is 55.0 Å². The van der Waals surface area contributed by atoms with Gasteiger partial charge in [-0.25, -0.2) is 9.67 Å². The predicted octanol–water partition coefficient (Wildman–Crippen LogP) is 5.30. The normalized spacial score (nSPS) is 11.1. The molecule has 6 nitrogen and oxygen atoms in total. The van der Waals surface area contributed by atoms with Crippen molar-refractivity contribution >= 4 is 45.3 Å². The molecule has 1 amide bonds. The molecule has 0 atom stereocenters. The average molecular weight is 409 g/mol. The van der Waals surface area contributed by atoms with Gasteiger partial charge >= 0.3 is 0 Å². The van der Waals surface area contributed by atoms with Crippen LogP contribution in [0, 0.1) is 0 Å². The summed E-state index contributed by atoms with van der Waals surface area (Å²) in [4.78, 5) is 17.5. The Hall–Kier alpha value is -3.12. The van der Waals surface area contributed by atoms with Crippen molar-refractivity contribution in [2.75, 3.05) is 12.4 Å². The van der Waals surface area contributed by atoms with Crippen molar-refractivity contribution in [3.05, 3.63) is 59.1 Å². The number of rotatable bonds is 6. The quantitative estimate of drug-likeness (QED) is 0.470. The zero-order chi connectivity index (χ0) is 20.4. The first-order valence-corrected chi connectivity index (χ1v) is 9.89. The molecule has 29 heavy (non-hydrogen) atoms. The minimum absolute atomic E-state index is 0.241. The second-order valence-electron chi connectivity index (χ2n) is 6.80. The largest absolute Gasteiger partial charge is 0.497 e. The number of aromatic nitrogens is 3. The number of ether oxygens (including phenoxy) is 1. The molecule has 0 bridgehead atoms. The number of anilines is 1. The monoisotopic (exact) mass is 408 g/mol. The molecule has 148 valence electrons. The number of methoxy groups -OCH3 is 1. The summed E-state index contributed by atoms with van der Waals surface area (Å²) in [5.41, 5.74) is 2.12. The number of halogens is 1. The SMILES string of the molecule is CCCCn1nc(NC(=O)c2ccc(Cl)cc2)c2cc3cc(OC)ccc3nc21. The molecule has 4 rings (SSSR count). The van der Waals surface area contributed by atoms with Crippen LogP contribution in [0.4, 0.5) is 5.82 Å². The summed E-state index contributed by atoms with van der Waals surface area (Å²) in [5, 5.41) is 9.87. The fraction of sp³-hybridized carbons (Fsp3) is 0.227. The van der Waals surface area contributed by atoms with Gasteiger partial charge in [0, 0.05) is 22.5 Å². The summed E-state index contributed by atoms with van der Waals surface area (Å²) in [5.74, 6) is 1.01. The molecule has 2 heterocycles. The number of amides is 1. The van der Waals surface area contributed by atoms with E-state index in [1.807, 2.05) is 28.9 Å². The molecule has 4 aromatic rings. The van der Waals surface area contributed by atoms with Crippen molar-refractivity contribution in [1.82, 2.24) is 14.8 Å². The molecule has 0 saturated heterocycles. The number of hydrogen-bond acceptors (Lipinski definition) is 4. The Kier molecular flexibility index (Phi) is 5.36. The number of fused-ring (bicyclic) bond motifs is 2. The Labute approximate surface area is 173 Å². The van der Waals surface area contributed by atoms with Gasteiger partial charge in [0.2, 0.25) is 0 Å². The summed E-state index contributed by atoms with van der Waals surface area (Å²) in [7, 11) is 1.63. The van der Waals surface area contributed by atoms with Crippen LogP contribution in [0.5, 0.6) is 5.75 Å². The number of benzene rings is 2. The first kappa shape index (κ1) is 19.2. The number of hydrogen-bond donors (Lipinski definition) is 1. The first-order chi connectivity index (χ1) is 14.1. The highest BCUT2D eigenvalue weighted by molar-refractivity contribution is 6.30. The van der Waals surface area contributed by atoms with Crippen LogP contribution in [-0.4, -0.2) is 27.8 Å². The van der Waals surface area contributed by atoms with Gasteiger partial charge in [-0.3, -0.25) is 4.79 Å². The van der Waals surface area contributed by atoms with E-state index < -0.39 is 0 Å². The molecule has 0 fully saturated rings. The van der Waals surface area contributed by atoms with E-state index in [4.69, 9.17) is 21.3 Å². The number of nitrogens with one attached hydrogen (secondary N) is 1. The lowest BCUT2D eigenvalue weighted by Gasteiger charge is -2.05. The van der Waals surface area contributed by atoms with Gasteiger partial charge in [0.05, 0.1) is 18.0 Å². The summed E-state index contributed by atoms with van der Waals surface area (Å²) < 4.78 is 7.19. The molecule has 7 heteroatoms. The maximum atomic E-state index is 12.7. The number of carbonyl (C=O) groups excluding carboxylic acids is 1. The van der Waals surface area contributed by atoms with Crippen LogP contribution in [0.2, 0.25) is 5.02 Å². The topological polar surface area (TPSA) is 69.0 Å². The first-order valence-electron chi connectivity index (χ1n) is 9.51. The number of unbranched alkanes of at least 4 members (excludes halogenated alkanes) is 1. The molecule has 0 saturated carbocycles. The maximum Gasteiger partial charge on any atom is 0.256 e. The second kappa shape index (κ2) is 8.09. The third-order valence-corrected chi connectivity index (χ3v) is 5.04. The zero-order valence-electron chi connectivity index (χ0n) is 16.3. The summed E-state index contributed by atoms with van der Waals surface area (Å²) >= 11 is 5.92. The van der Waals surface area contributed by atoms with Gasteiger partial charge in [-0.15, -0.1) is 0 Å². The van der Waals surface area contributed by atoms with E-state index >= 15 is 0 Å². The Balaban J connectivity index is 1.79. The minimum Gasteiger partial charge on any atom is -0.497 e. The van der Waals surface area contributed by atoms with E-state index in [1.165, 1.54) is 0 Å². The van der Waals surface area contributed by atoms with Crippen LogP contribution in [0.1, 0.15) is 30.1 Å². The average Bonchev–Trinajstić information content (AvgIpc) is 3.06. The van der Waals surface area contributed by atoms with Gasteiger partial charge in [-0.1, -0.05) is 24.9 Å². The molecule has 0 aliphatic rings. The van der Waals surface area contributed by atoms with Gasteiger partial charge in [0.25, 0.3) is 5.91 Å². The van der Waals surface area contributed by atoms with Crippen LogP contribution < -0.4 is 10.1 Å². The highest BCUT2D eigenvalue weighted by atomic mass is 35.5. The van der Waals surface area contributed by atoms with Gasteiger partial charge in [0.1, 0.15) is 5.75 Å². The number of aryl methyl sites for hydroxylation is 1. The fourth-order valence-electron chi connectivity index (χ4n) is 3.20. The molecule has 0 radical (unpaired) electrons. The fourth-order valence-corrected chi connectivity index (χ4v) is 3.33. The number of nitrogens with zero attached hydrogens (tertiary/aromatic N) is 3.